The molecule has 4 rings (SSSR count). The summed E-state index contributed by atoms with van der Waals surface area (Å²) in [6, 6.07) is 6.63. The second-order valence-electron chi connectivity index (χ2n) is 3.90. The number of hydrogen-bond acceptors (Lipinski definition) is 1. The van der Waals surface area contributed by atoms with Gasteiger partial charge in [0, 0.05) is 3.57 Å². The molecule has 1 aromatic carbocycles. The minimum Gasteiger partial charge on any atom is -0.360 e. The average Bonchev–Trinajstić information content (AvgIpc) is 2.91. The highest BCUT2D eigenvalue weighted by Gasteiger charge is 2.47. The molecule has 1 heterocycles. The third-order valence-corrected chi connectivity index (χ3v) is 3.79. The highest BCUT2D eigenvalue weighted by Crippen LogP contribution is 2.52. The zero-order chi connectivity index (χ0) is 9.28. The van der Waals surface area contributed by atoms with E-state index < -0.39 is 0 Å². The summed E-state index contributed by atoms with van der Waals surface area (Å²) in [4.78, 5) is 0. The minimum absolute atomic E-state index is 0.376. The first-order chi connectivity index (χ1) is 6.84. The molecule has 1 aromatic rings. The van der Waals surface area contributed by atoms with Gasteiger partial charge < -0.3 is 4.74 Å². The van der Waals surface area contributed by atoms with Crippen LogP contribution >= 0.6 is 22.6 Å². The molecule has 0 amide bonds. The molecule has 0 spiro atoms. The van der Waals surface area contributed by atoms with Gasteiger partial charge in [0.15, 0.2) is 0 Å². The average molecular weight is 294 g/mol. The van der Waals surface area contributed by atoms with E-state index in [2.05, 4.69) is 52.9 Å². The molecule has 2 atom stereocenters. The monoisotopic (exact) mass is 294 g/mol. The molecule has 0 bridgehead atoms. The third kappa shape index (κ3) is 0.792. The second kappa shape index (κ2) is 2.31. The molecule has 2 heteroatoms. The first kappa shape index (κ1) is 7.65. The van der Waals surface area contributed by atoms with Crippen LogP contribution in [0.1, 0.15) is 11.1 Å². The first-order valence-electron chi connectivity index (χ1n) is 4.73. The highest BCUT2D eigenvalue weighted by atomic mass is 127. The lowest BCUT2D eigenvalue weighted by molar-refractivity contribution is 0.418. The van der Waals surface area contributed by atoms with Crippen molar-refractivity contribution in [3.63, 3.8) is 0 Å². The fourth-order valence-corrected chi connectivity index (χ4v) is 2.87. The molecule has 0 aromatic heterocycles. The molecule has 2 aliphatic carbocycles. The maximum absolute atomic E-state index is 5.55. The summed E-state index contributed by atoms with van der Waals surface area (Å²) in [6.07, 6.45) is 5.14. The number of halogens is 1. The molecule has 1 nitrogen and oxygen atoms in total. The van der Waals surface area contributed by atoms with E-state index in [1.54, 1.807) is 0 Å². The van der Waals surface area contributed by atoms with Gasteiger partial charge in [0.05, 0.1) is 0 Å². The Labute approximate surface area is 95.6 Å². The fraction of sp³-hybridized carbons (Fsp3) is 0.167. The Balaban J connectivity index is 1.94. The molecule has 1 fully saturated rings. The van der Waals surface area contributed by atoms with Crippen molar-refractivity contribution in [3.8, 4) is 0 Å². The standard InChI is InChI=1S/C12H7IO/c13-6-1-2-7-9(5-6)8-3-4-10-12(14-10)11(7)8/h1-5,10,12H. The first-order valence-corrected chi connectivity index (χ1v) is 5.80. The van der Waals surface area contributed by atoms with Crippen molar-refractivity contribution in [2.75, 3.05) is 0 Å². The molecule has 0 N–H and O–H groups in total. The zero-order valence-corrected chi connectivity index (χ0v) is 9.49. The highest BCUT2D eigenvalue weighted by molar-refractivity contribution is 14.1. The second-order valence-corrected chi connectivity index (χ2v) is 5.14. The van der Waals surface area contributed by atoms with Crippen LogP contribution in [0, 0.1) is 3.57 Å². The normalized spacial score (nSPS) is 30.4. The van der Waals surface area contributed by atoms with Gasteiger partial charge in [0.2, 0.25) is 0 Å². The molecule has 1 aliphatic heterocycles. The van der Waals surface area contributed by atoms with Crippen LogP contribution in [0.15, 0.2) is 30.4 Å². The maximum atomic E-state index is 5.55. The number of fused-ring (bicyclic) bond motifs is 5. The summed E-state index contributed by atoms with van der Waals surface area (Å²) in [7, 11) is 0. The number of hydrogen-bond donors (Lipinski definition) is 0. The lowest BCUT2D eigenvalue weighted by Gasteiger charge is -2.27. The predicted molar refractivity (Wildman–Crippen MR) is 63.8 cm³/mol. The largest absolute Gasteiger partial charge is 0.360 e. The number of rotatable bonds is 0. The van der Waals surface area contributed by atoms with E-state index in [9.17, 15) is 0 Å². The van der Waals surface area contributed by atoms with Crippen molar-refractivity contribution in [2.45, 2.75) is 12.2 Å². The number of allylic oxidation sites excluding steroid dienone is 2. The van der Waals surface area contributed by atoms with Gasteiger partial charge in [-0.3, -0.25) is 0 Å². The van der Waals surface area contributed by atoms with Gasteiger partial charge in [-0.05, 0) is 57.0 Å². The van der Waals surface area contributed by atoms with Crippen molar-refractivity contribution in [1.29, 1.82) is 0 Å². The maximum Gasteiger partial charge on any atom is 0.114 e. The Morgan fingerprint density at radius 2 is 2.14 bits per heavy atom. The van der Waals surface area contributed by atoms with Crippen LogP contribution in [0.5, 0.6) is 0 Å². The Morgan fingerprint density at radius 3 is 3.07 bits per heavy atom. The van der Waals surface area contributed by atoms with E-state index in [4.69, 9.17) is 4.74 Å². The molecule has 14 heavy (non-hydrogen) atoms. The summed E-state index contributed by atoms with van der Waals surface area (Å²) in [5.74, 6) is 0. The van der Waals surface area contributed by atoms with Gasteiger partial charge in [-0.2, -0.15) is 0 Å². The molecule has 1 saturated heterocycles. The van der Waals surface area contributed by atoms with Crippen LogP contribution in [0.4, 0.5) is 0 Å². The Morgan fingerprint density at radius 1 is 1.21 bits per heavy atom. The van der Waals surface area contributed by atoms with Gasteiger partial charge in [-0.25, -0.2) is 0 Å². The number of ether oxygens (including phenoxy) is 1. The predicted octanol–water partition coefficient (Wildman–Crippen LogP) is 2.85. The quantitative estimate of drug-likeness (QED) is 0.529. The van der Waals surface area contributed by atoms with E-state index in [1.807, 2.05) is 0 Å². The Hall–Kier alpha value is -0.610. The molecule has 68 valence electrons. The summed E-state index contributed by atoms with van der Waals surface area (Å²) < 4.78 is 6.86. The van der Waals surface area contributed by atoms with Crippen LogP contribution in [0.3, 0.4) is 0 Å². The summed E-state index contributed by atoms with van der Waals surface area (Å²) >= 11 is 2.36. The number of benzene rings is 1. The van der Waals surface area contributed by atoms with E-state index in [0.29, 0.717) is 12.2 Å². The smallest absolute Gasteiger partial charge is 0.114 e. The van der Waals surface area contributed by atoms with Crippen molar-refractivity contribution in [3.05, 3.63) is 45.0 Å². The van der Waals surface area contributed by atoms with Crippen molar-refractivity contribution in [1.82, 2.24) is 0 Å². The molecule has 0 saturated carbocycles. The van der Waals surface area contributed by atoms with Crippen LogP contribution in [-0.2, 0) is 4.74 Å². The third-order valence-electron chi connectivity index (χ3n) is 3.11. The van der Waals surface area contributed by atoms with Crippen LogP contribution < -0.4 is 0 Å². The molecule has 3 aliphatic rings. The molecular weight excluding hydrogens is 287 g/mol. The minimum atomic E-state index is 0.376. The van der Waals surface area contributed by atoms with E-state index in [-0.39, 0.29) is 0 Å². The lowest BCUT2D eigenvalue weighted by Crippen LogP contribution is -2.14. The number of epoxide rings is 1. The van der Waals surface area contributed by atoms with Crippen LogP contribution in [-0.4, -0.2) is 12.2 Å². The summed E-state index contributed by atoms with van der Waals surface area (Å²) in [5.41, 5.74) is 5.63. The van der Waals surface area contributed by atoms with Gasteiger partial charge in [-0.15, -0.1) is 0 Å². The molecule has 0 radical (unpaired) electrons. The summed E-state index contributed by atoms with van der Waals surface area (Å²) in [6.45, 7) is 0. The SMILES string of the molecule is Ic1ccc2c(c1)C1=C2C2OC2C=C1. The topological polar surface area (TPSA) is 12.5 Å². The fourth-order valence-electron chi connectivity index (χ4n) is 2.38. The summed E-state index contributed by atoms with van der Waals surface area (Å²) in [5, 5.41) is 0. The van der Waals surface area contributed by atoms with E-state index in [0.717, 1.165) is 0 Å². The molecule has 2 unspecified atom stereocenters. The van der Waals surface area contributed by atoms with Crippen molar-refractivity contribution >= 4 is 33.7 Å². The van der Waals surface area contributed by atoms with Crippen molar-refractivity contribution in [2.24, 2.45) is 0 Å². The molecular formula is C12H7IO. The van der Waals surface area contributed by atoms with Gasteiger partial charge in [0.1, 0.15) is 12.2 Å². The van der Waals surface area contributed by atoms with Gasteiger partial charge >= 0.3 is 0 Å². The van der Waals surface area contributed by atoms with Gasteiger partial charge in [-0.1, -0.05) is 18.2 Å². The van der Waals surface area contributed by atoms with Crippen LogP contribution in [0.2, 0.25) is 0 Å². The lowest BCUT2D eigenvalue weighted by atomic mass is 9.76. The van der Waals surface area contributed by atoms with Crippen LogP contribution in [0.25, 0.3) is 11.1 Å². The Kier molecular flexibility index (Phi) is 1.26. The van der Waals surface area contributed by atoms with Crippen molar-refractivity contribution < 1.29 is 4.74 Å². The van der Waals surface area contributed by atoms with E-state index in [1.165, 1.54) is 25.8 Å². The van der Waals surface area contributed by atoms with Gasteiger partial charge in [0.25, 0.3) is 0 Å². The van der Waals surface area contributed by atoms with E-state index >= 15 is 0 Å². The Bertz CT molecular complexity index is 513. The zero-order valence-electron chi connectivity index (χ0n) is 7.33.